The summed E-state index contributed by atoms with van der Waals surface area (Å²) in [5.74, 6) is 1.30. The van der Waals surface area contributed by atoms with E-state index >= 15 is 0 Å². The molecular formula is C10H15NO2. The molecule has 3 nitrogen and oxygen atoms in total. The van der Waals surface area contributed by atoms with Crippen LogP contribution >= 0.6 is 0 Å². The maximum atomic E-state index is 9.15. The number of aromatic nitrogens is 1. The Balaban J connectivity index is 2.27. The fourth-order valence-corrected chi connectivity index (χ4v) is 2.12. The summed E-state index contributed by atoms with van der Waals surface area (Å²) < 4.78 is 5.09. The van der Waals surface area contributed by atoms with Crippen LogP contribution in [0, 0.1) is 6.92 Å². The summed E-state index contributed by atoms with van der Waals surface area (Å²) in [6.07, 6.45) is 4.95. The van der Waals surface area contributed by atoms with E-state index in [1.54, 1.807) is 0 Å². The molecule has 0 bridgehead atoms. The Morgan fingerprint density at radius 1 is 1.46 bits per heavy atom. The van der Waals surface area contributed by atoms with Crippen molar-refractivity contribution in [1.29, 1.82) is 0 Å². The van der Waals surface area contributed by atoms with Crippen LogP contribution in [0.2, 0.25) is 0 Å². The smallest absolute Gasteiger partial charge is 0.139 e. The third-order valence-electron chi connectivity index (χ3n) is 2.92. The second kappa shape index (κ2) is 3.50. The molecule has 1 aromatic heterocycles. The normalized spacial score (nSPS) is 18.3. The number of rotatable bonds is 2. The van der Waals surface area contributed by atoms with Gasteiger partial charge in [0, 0.05) is 11.5 Å². The van der Waals surface area contributed by atoms with Crippen molar-refractivity contribution in [2.45, 2.75) is 45.1 Å². The molecule has 0 radical (unpaired) electrons. The number of hydrogen-bond acceptors (Lipinski definition) is 3. The van der Waals surface area contributed by atoms with Crippen molar-refractivity contribution in [2.24, 2.45) is 0 Å². The van der Waals surface area contributed by atoms with Gasteiger partial charge < -0.3 is 9.63 Å². The van der Waals surface area contributed by atoms with Crippen molar-refractivity contribution in [3.63, 3.8) is 0 Å². The van der Waals surface area contributed by atoms with Crippen molar-refractivity contribution < 1.29 is 9.63 Å². The van der Waals surface area contributed by atoms with E-state index in [4.69, 9.17) is 9.63 Å². The summed E-state index contributed by atoms with van der Waals surface area (Å²) in [4.78, 5) is 0. The highest BCUT2D eigenvalue weighted by Crippen LogP contribution is 2.35. The summed E-state index contributed by atoms with van der Waals surface area (Å²) in [7, 11) is 0. The Kier molecular flexibility index (Phi) is 2.36. The fourth-order valence-electron chi connectivity index (χ4n) is 2.12. The van der Waals surface area contributed by atoms with Gasteiger partial charge in [0.1, 0.15) is 5.76 Å². The Morgan fingerprint density at radius 3 is 2.77 bits per heavy atom. The van der Waals surface area contributed by atoms with Gasteiger partial charge in [0.15, 0.2) is 0 Å². The predicted octanol–water partition coefficient (Wildman–Crippen LogP) is 2.13. The number of aliphatic hydroxyl groups is 1. The van der Waals surface area contributed by atoms with Gasteiger partial charge in [0.2, 0.25) is 0 Å². The first-order valence-corrected chi connectivity index (χ1v) is 4.89. The van der Waals surface area contributed by atoms with E-state index in [0.29, 0.717) is 5.92 Å². The van der Waals surface area contributed by atoms with Crippen LogP contribution in [0.4, 0.5) is 0 Å². The van der Waals surface area contributed by atoms with Crippen molar-refractivity contribution in [2.75, 3.05) is 0 Å². The van der Waals surface area contributed by atoms with Gasteiger partial charge in [0.05, 0.1) is 12.3 Å². The van der Waals surface area contributed by atoms with Crippen molar-refractivity contribution in [3.05, 3.63) is 17.0 Å². The molecule has 3 heteroatoms. The quantitative estimate of drug-likeness (QED) is 0.760. The van der Waals surface area contributed by atoms with Crippen LogP contribution in [0.1, 0.15) is 48.6 Å². The minimum absolute atomic E-state index is 0.0567. The number of nitrogens with zero attached hydrogens (tertiary/aromatic N) is 1. The van der Waals surface area contributed by atoms with Gasteiger partial charge in [-0.1, -0.05) is 18.0 Å². The Labute approximate surface area is 77.7 Å². The van der Waals surface area contributed by atoms with E-state index in [2.05, 4.69) is 5.16 Å². The molecule has 1 aromatic rings. The summed E-state index contributed by atoms with van der Waals surface area (Å²) in [6.45, 7) is 1.91. The Bertz CT molecular complexity index is 287. The van der Waals surface area contributed by atoms with Gasteiger partial charge in [0.25, 0.3) is 0 Å². The molecule has 1 aliphatic rings. The molecule has 1 aliphatic carbocycles. The minimum Gasteiger partial charge on any atom is -0.391 e. The number of aryl methyl sites for hydroxylation is 1. The Hall–Kier alpha value is -0.830. The maximum absolute atomic E-state index is 9.15. The van der Waals surface area contributed by atoms with Crippen molar-refractivity contribution in [1.82, 2.24) is 5.16 Å². The van der Waals surface area contributed by atoms with E-state index < -0.39 is 0 Å². The van der Waals surface area contributed by atoms with Gasteiger partial charge >= 0.3 is 0 Å². The highest BCUT2D eigenvalue weighted by molar-refractivity contribution is 5.25. The van der Waals surface area contributed by atoms with Crippen molar-refractivity contribution in [3.8, 4) is 0 Å². The van der Waals surface area contributed by atoms with Gasteiger partial charge in [-0.05, 0) is 19.8 Å². The molecule has 0 spiro atoms. The zero-order valence-electron chi connectivity index (χ0n) is 7.92. The van der Waals surface area contributed by atoms with Crippen LogP contribution in [0.5, 0.6) is 0 Å². The molecule has 72 valence electrons. The molecule has 1 saturated carbocycles. The molecule has 13 heavy (non-hydrogen) atoms. The first-order valence-electron chi connectivity index (χ1n) is 4.89. The van der Waals surface area contributed by atoms with Crippen LogP contribution in [-0.2, 0) is 6.61 Å². The van der Waals surface area contributed by atoms with Crippen molar-refractivity contribution >= 4 is 0 Å². The van der Waals surface area contributed by atoms with Crippen LogP contribution in [0.15, 0.2) is 4.52 Å². The zero-order chi connectivity index (χ0) is 9.26. The minimum atomic E-state index is 0.0567. The molecule has 1 N–H and O–H groups in total. The fraction of sp³-hybridized carbons (Fsp3) is 0.700. The lowest BCUT2D eigenvalue weighted by Crippen LogP contribution is -1.98. The molecule has 1 heterocycles. The lowest BCUT2D eigenvalue weighted by atomic mass is 9.99. The summed E-state index contributed by atoms with van der Waals surface area (Å²) >= 11 is 0. The predicted molar refractivity (Wildman–Crippen MR) is 48.4 cm³/mol. The van der Waals surface area contributed by atoms with E-state index in [1.165, 1.54) is 25.7 Å². The summed E-state index contributed by atoms with van der Waals surface area (Å²) in [6, 6.07) is 0. The van der Waals surface area contributed by atoms with Crippen LogP contribution < -0.4 is 0 Å². The third-order valence-corrected chi connectivity index (χ3v) is 2.92. The molecular weight excluding hydrogens is 166 g/mol. The van der Waals surface area contributed by atoms with E-state index in [9.17, 15) is 0 Å². The van der Waals surface area contributed by atoms with E-state index in [0.717, 1.165) is 17.0 Å². The van der Waals surface area contributed by atoms with Gasteiger partial charge in [-0.2, -0.15) is 0 Å². The number of aliphatic hydroxyl groups excluding tert-OH is 1. The molecule has 0 unspecified atom stereocenters. The topological polar surface area (TPSA) is 46.3 Å². The average Bonchev–Trinajstić information content (AvgIpc) is 2.71. The standard InChI is InChI=1S/C10H15NO2/c1-7-9(6-12)10(11-13-7)8-4-2-3-5-8/h8,12H,2-6H2,1H3. The summed E-state index contributed by atoms with van der Waals surface area (Å²) in [5, 5.41) is 13.2. The number of hydrogen-bond donors (Lipinski definition) is 1. The SMILES string of the molecule is Cc1onc(C2CCCC2)c1CO. The van der Waals surface area contributed by atoms with Crippen LogP contribution in [0.3, 0.4) is 0 Å². The lowest BCUT2D eigenvalue weighted by Gasteiger charge is -2.05. The van der Waals surface area contributed by atoms with Gasteiger partial charge in [-0.15, -0.1) is 0 Å². The largest absolute Gasteiger partial charge is 0.391 e. The van der Waals surface area contributed by atoms with Crippen LogP contribution in [0.25, 0.3) is 0 Å². The molecule has 0 atom stereocenters. The first kappa shape index (κ1) is 8.75. The van der Waals surface area contributed by atoms with E-state index in [-0.39, 0.29) is 6.61 Å². The van der Waals surface area contributed by atoms with Gasteiger partial charge in [-0.25, -0.2) is 0 Å². The van der Waals surface area contributed by atoms with E-state index in [1.807, 2.05) is 6.92 Å². The highest BCUT2D eigenvalue weighted by Gasteiger charge is 2.24. The molecule has 0 aliphatic heterocycles. The second-order valence-corrected chi connectivity index (χ2v) is 3.74. The van der Waals surface area contributed by atoms with Gasteiger partial charge in [-0.3, -0.25) is 0 Å². The average molecular weight is 181 g/mol. The zero-order valence-corrected chi connectivity index (χ0v) is 7.92. The second-order valence-electron chi connectivity index (χ2n) is 3.74. The molecule has 2 rings (SSSR count). The summed E-state index contributed by atoms with van der Waals surface area (Å²) in [5.41, 5.74) is 1.91. The lowest BCUT2D eigenvalue weighted by molar-refractivity contribution is 0.277. The third kappa shape index (κ3) is 1.48. The highest BCUT2D eigenvalue weighted by atomic mass is 16.5. The first-order chi connectivity index (χ1) is 6.33. The molecule has 0 aromatic carbocycles. The maximum Gasteiger partial charge on any atom is 0.139 e. The molecule has 0 amide bonds. The van der Waals surface area contributed by atoms with Crippen LogP contribution in [-0.4, -0.2) is 10.3 Å². The Morgan fingerprint density at radius 2 is 2.15 bits per heavy atom. The monoisotopic (exact) mass is 181 g/mol. The molecule has 0 saturated heterocycles. The molecule has 1 fully saturated rings.